The van der Waals surface area contributed by atoms with Crippen molar-refractivity contribution < 1.29 is 13.9 Å². The summed E-state index contributed by atoms with van der Waals surface area (Å²) in [6, 6.07) is 6.83. The number of amides is 1. The first-order valence-corrected chi connectivity index (χ1v) is 8.85. The minimum atomic E-state index is -0.227. The average Bonchev–Trinajstić information content (AvgIpc) is 2.65. The molecule has 1 atom stereocenters. The highest BCUT2D eigenvalue weighted by Crippen LogP contribution is 2.20. The number of ether oxygens (including phenoxy) is 1. The minimum Gasteiger partial charge on any atom is -0.383 e. The van der Waals surface area contributed by atoms with Crippen molar-refractivity contribution in [3.05, 3.63) is 30.1 Å². The Balaban J connectivity index is 0.00000364. The molecule has 9 heteroatoms. The summed E-state index contributed by atoms with van der Waals surface area (Å²) < 4.78 is 18.3. The van der Waals surface area contributed by atoms with E-state index in [4.69, 9.17) is 4.74 Å². The van der Waals surface area contributed by atoms with Crippen molar-refractivity contribution >= 4 is 41.5 Å². The summed E-state index contributed by atoms with van der Waals surface area (Å²) in [5, 5.41) is 9.10. The van der Waals surface area contributed by atoms with E-state index in [1.54, 1.807) is 26.3 Å². The Bertz CT molecular complexity index is 617. The molecular weight excluding hydrogens is 464 g/mol. The van der Waals surface area contributed by atoms with E-state index in [0.717, 1.165) is 31.6 Å². The molecule has 1 aromatic rings. The van der Waals surface area contributed by atoms with Crippen LogP contribution in [0.1, 0.15) is 12.8 Å². The molecule has 1 aliphatic rings. The summed E-state index contributed by atoms with van der Waals surface area (Å²) in [7, 11) is 3.26. The van der Waals surface area contributed by atoms with Crippen LogP contribution in [-0.4, -0.2) is 64.9 Å². The van der Waals surface area contributed by atoms with Gasteiger partial charge in [-0.05, 0) is 31.0 Å². The van der Waals surface area contributed by atoms with Gasteiger partial charge in [-0.3, -0.25) is 9.79 Å². The molecule has 1 aliphatic heterocycles. The number of nitrogens with zero attached hydrogens (tertiary/aromatic N) is 2. The van der Waals surface area contributed by atoms with E-state index in [-0.39, 0.29) is 48.3 Å². The van der Waals surface area contributed by atoms with Gasteiger partial charge in [0.25, 0.3) is 0 Å². The Morgan fingerprint density at radius 1 is 1.41 bits per heavy atom. The Labute approximate surface area is 177 Å². The molecule has 0 saturated carbocycles. The van der Waals surface area contributed by atoms with Crippen LogP contribution in [0.5, 0.6) is 0 Å². The van der Waals surface area contributed by atoms with E-state index < -0.39 is 0 Å². The van der Waals surface area contributed by atoms with Crippen LogP contribution in [0.25, 0.3) is 0 Å². The maximum absolute atomic E-state index is 13.5. The van der Waals surface area contributed by atoms with Gasteiger partial charge in [0.05, 0.1) is 13.2 Å². The van der Waals surface area contributed by atoms with Crippen molar-refractivity contribution in [2.24, 2.45) is 4.99 Å². The predicted molar refractivity (Wildman–Crippen MR) is 116 cm³/mol. The van der Waals surface area contributed by atoms with Gasteiger partial charge in [0.15, 0.2) is 5.96 Å². The quantitative estimate of drug-likeness (QED) is 0.231. The molecule has 152 valence electrons. The number of aliphatic imine (C=N–C) groups is 1. The van der Waals surface area contributed by atoms with Gasteiger partial charge < -0.3 is 25.6 Å². The van der Waals surface area contributed by atoms with Crippen molar-refractivity contribution in [1.82, 2.24) is 16.0 Å². The smallest absolute Gasteiger partial charge is 0.239 e. The summed E-state index contributed by atoms with van der Waals surface area (Å²) >= 11 is 0. The molecule has 0 spiro atoms. The molecule has 1 heterocycles. The molecule has 0 radical (unpaired) electrons. The van der Waals surface area contributed by atoms with E-state index >= 15 is 0 Å². The van der Waals surface area contributed by atoms with Crippen LogP contribution in [0.2, 0.25) is 0 Å². The van der Waals surface area contributed by atoms with Crippen molar-refractivity contribution in [3.63, 3.8) is 0 Å². The third kappa shape index (κ3) is 8.29. The van der Waals surface area contributed by atoms with E-state index in [9.17, 15) is 9.18 Å². The van der Waals surface area contributed by atoms with Gasteiger partial charge in [-0.2, -0.15) is 0 Å². The number of carbonyl (C=O) groups excluding carboxylic acids is 1. The number of methoxy groups -OCH3 is 1. The summed E-state index contributed by atoms with van der Waals surface area (Å²) in [6.07, 6.45) is 2.00. The van der Waals surface area contributed by atoms with E-state index in [1.165, 1.54) is 6.07 Å². The van der Waals surface area contributed by atoms with Crippen LogP contribution >= 0.6 is 24.0 Å². The number of halogens is 2. The first-order valence-electron chi connectivity index (χ1n) is 8.85. The normalized spacial score (nSPS) is 17.1. The average molecular weight is 493 g/mol. The zero-order valence-corrected chi connectivity index (χ0v) is 18.2. The Morgan fingerprint density at radius 2 is 2.22 bits per heavy atom. The highest BCUT2D eigenvalue weighted by Gasteiger charge is 2.21. The zero-order valence-electron chi connectivity index (χ0n) is 15.8. The molecule has 1 amide bonds. The number of hydrogen-bond donors (Lipinski definition) is 3. The molecule has 3 N–H and O–H groups in total. The van der Waals surface area contributed by atoms with Crippen molar-refractivity contribution in [1.29, 1.82) is 0 Å². The Morgan fingerprint density at radius 3 is 2.93 bits per heavy atom. The number of hydrogen-bond acceptors (Lipinski definition) is 4. The maximum atomic E-state index is 13.5. The lowest BCUT2D eigenvalue weighted by molar-refractivity contribution is -0.120. The summed E-state index contributed by atoms with van der Waals surface area (Å²) in [5.41, 5.74) is 0.886. The Hall–Kier alpha value is -1.62. The molecule has 0 bridgehead atoms. The second-order valence-corrected chi connectivity index (χ2v) is 6.18. The highest BCUT2D eigenvalue weighted by molar-refractivity contribution is 14.0. The van der Waals surface area contributed by atoms with E-state index in [1.807, 2.05) is 6.07 Å². The number of piperidine rings is 1. The van der Waals surface area contributed by atoms with Gasteiger partial charge in [-0.15, -0.1) is 24.0 Å². The summed E-state index contributed by atoms with van der Waals surface area (Å²) in [4.78, 5) is 18.1. The molecule has 1 unspecified atom stereocenters. The van der Waals surface area contributed by atoms with Crippen LogP contribution in [0.3, 0.4) is 0 Å². The second kappa shape index (κ2) is 12.7. The number of guanidine groups is 1. The Kier molecular flexibility index (Phi) is 11.0. The molecule has 1 aromatic carbocycles. The maximum Gasteiger partial charge on any atom is 0.239 e. The molecule has 0 aromatic heterocycles. The lowest BCUT2D eigenvalue weighted by Gasteiger charge is -2.35. The molecular formula is C18H29FIN5O2. The monoisotopic (exact) mass is 493 g/mol. The lowest BCUT2D eigenvalue weighted by Crippen LogP contribution is -2.52. The molecule has 7 nitrogen and oxygen atoms in total. The van der Waals surface area contributed by atoms with Gasteiger partial charge in [0, 0.05) is 45.5 Å². The van der Waals surface area contributed by atoms with Gasteiger partial charge in [0.2, 0.25) is 5.91 Å². The van der Waals surface area contributed by atoms with Crippen LogP contribution in [0.15, 0.2) is 29.3 Å². The fourth-order valence-corrected chi connectivity index (χ4v) is 2.91. The summed E-state index contributed by atoms with van der Waals surface area (Å²) in [6.45, 7) is 2.76. The first kappa shape index (κ1) is 23.4. The van der Waals surface area contributed by atoms with Crippen LogP contribution in [0.4, 0.5) is 10.1 Å². The SMILES string of the molecule is CN=C(NCC(=O)NCCOC)NC1CCCN(c2cccc(F)c2)C1.I. The standard InChI is InChI=1S/C18H28FN5O2.HI/c1-20-18(22-12-17(25)21-8-10-26-2)23-15-6-4-9-24(13-15)16-7-3-5-14(19)11-16;/h3,5,7,11,15H,4,6,8-10,12-13H2,1-2H3,(H,21,25)(H2,20,22,23);1H. The lowest BCUT2D eigenvalue weighted by atomic mass is 10.0. The molecule has 1 fully saturated rings. The zero-order chi connectivity index (χ0) is 18.8. The first-order chi connectivity index (χ1) is 12.6. The van der Waals surface area contributed by atoms with Crippen molar-refractivity contribution in [3.8, 4) is 0 Å². The van der Waals surface area contributed by atoms with E-state index in [0.29, 0.717) is 19.1 Å². The fourth-order valence-electron chi connectivity index (χ4n) is 2.91. The number of anilines is 1. The predicted octanol–water partition coefficient (Wildman–Crippen LogP) is 1.34. The molecule has 0 aliphatic carbocycles. The summed E-state index contributed by atoms with van der Waals surface area (Å²) in [5.74, 6) is 0.238. The largest absolute Gasteiger partial charge is 0.383 e. The van der Waals surface area contributed by atoms with Gasteiger partial charge >= 0.3 is 0 Å². The number of carbonyl (C=O) groups is 1. The van der Waals surface area contributed by atoms with Gasteiger partial charge in [0.1, 0.15) is 5.82 Å². The molecule has 1 saturated heterocycles. The second-order valence-electron chi connectivity index (χ2n) is 6.18. The molecule has 2 rings (SSSR count). The van der Waals surface area contributed by atoms with Gasteiger partial charge in [-0.25, -0.2) is 4.39 Å². The third-order valence-corrected chi connectivity index (χ3v) is 4.20. The van der Waals surface area contributed by atoms with Crippen molar-refractivity contribution in [2.45, 2.75) is 18.9 Å². The van der Waals surface area contributed by atoms with Crippen molar-refractivity contribution in [2.75, 3.05) is 51.8 Å². The third-order valence-electron chi connectivity index (χ3n) is 4.20. The topological polar surface area (TPSA) is 78.0 Å². The van der Waals surface area contributed by atoms with Gasteiger partial charge in [-0.1, -0.05) is 6.07 Å². The highest BCUT2D eigenvalue weighted by atomic mass is 127. The molecule has 27 heavy (non-hydrogen) atoms. The number of benzene rings is 1. The van der Waals surface area contributed by atoms with E-state index in [2.05, 4.69) is 25.8 Å². The minimum absolute atomic E-state index is 0. The number of rotatable bonds is 7. The fraction of sp³-hybridized carbons (Fsp3) is 0.556. The van der Waals surface area contributed by atoms with Crippen LogP contribution in [-0.2, 0) is 9.53 Å². The number of nitrogens with one attached hydrogen (secondary N) is 3. The van der Waals surface area contributed by atoms with Crippen LogP contribution < -0.4 is 20.9 Å². The van der Waals surface area contributed by atoms with Crippen LogP contribution in [0, 0.1) is 5.82 Å².